The summed E-state index contributed by atoms with van der Waals surface area (Å²) in [6, 6.07) is 0.547. The van der Waals surface area contributed by atoms with E-state index in [9.17, 15) is 4.79 Å². The van der Waals surface area contributed by atoms with Crippen molar-refractivity contribution in [2.24, 2.45) is 0 Å². The molecule has 2 aliphatic rings. The van der Waals surface area contributed by atoms with Crippen LogP contribution in [0.1, 0.15) is 13.8 Å². The molecule has 5 heteroatoms. The second-order valence-corrected chi connectivity index (χ2v) is 7.22. The van der Waals surface area contributed by atoms with Crippen molar-refractivity contribution >= 4 is 17.7 Å². The van der Waals surface area contributed by atoms with Gasteiger partial charge in [0, 0.05) is 45.3 Å². The monoisotopic (exact) mass is 271 g/mol. The van der Waals surface area contributed by atoms with E-state index >= 15 is 0 Å². The molecular formula is C13H25N3OS. The number of piperazine rings is 2. The fourth-order valence-electron chi connectivity index (χ4n) is 2.67. The van der Waals surface area contributed by atoms with Crippen LogP contribution in [0.3, 0.4) is 0 Å². The Hall–Kier alpha value is -0.260. The quantitative estimate of drug-likeness (QED) is 0.750. The van der Waals surface area contributed by atoms with E-state index in [0.29, 0.717) is 23.0 Å². The minimum atomic E-state index is 0.321. The first-order chi connectivity index (χ1) is 8.56. The lowest BCUT2D eigenvalue weighted by Crippen LogP contribution is -2.62. The second-order valence-electron chi connectivity index (χ2n) is 5.65. The second kappa shape index (κ2) is 6.26. The average Bonchev–Trinajstić information content (AvgIpc) is 2.34. The highest BCUT2D eigenvalue weighted by molar-refractivity contribution is 8.00. The Labute approximate surface area is 115 Å². The Morgan fingerprint density at radius 2 is 1.94 bits per heavy atom. The Bertz CT molecular complexity index is 298. The number of likely N-dealkylation sites (N-methyl/N-ethyl adjacent to an activating group) is 1. The molecule has 4 nitrogen and oxygen atoms in total. The summed E-state index contributed by atoms with van der Waals surface area (Å²) in [5, 5.41) is 0.538. The third kappa shape index (κ3) is 3.62. The van der Waals surface area contributed by atoms with Crippen molar-refractivity contribution in [1.82, 2.24) is 14.7 Å². The summed E-state index contributed by atoms with van der Waals surface area (Å²) in [6.45, 7) is 10.6. The van der Waals surface area contributed by atoms with Crippen LogP contribution in [0, 0.1) is 0 Å². The number of rotatable bonds is 3. The minimum absolute atomic E-state index is 0.321. The maximum atomic E-state index is 12.1. The zero-order valence-electron chi connectivity index (χ0n) is 11.8. The van der Waals surface area contributed by atoms with Crippen LogP contribution in [0.4, 0.5) is 0 Å². The van der Waals surface area contributed by atoms with E-state index in [2.05, 4.69) is 35.6 Å². The molecule has 0 N–H and O–H groups in total. The molecule has 104 valence electrons. The van der Waals surface area contributed by atoms with E-state index in [4.69, 9.17) is 0 Å². The summed E-state index contributed by atoms with van der Waals surface area (Å²) in [5.74, 6) is 0.960. The number of carbonyl (C=O) groups excluding carboxylic acids is 1. The van der Waals surface area contributed by atoms with Gasteiger partial charge in [-0.25, -0.2) is 0 Å². The number of fused-ring (bicyclic) bond motifs is 1. The van der Waals surface area contributed by atoms with Crippen LogP contribution in [-0.2, 0) is 4.79 Å². The van der Waals surface area contributed by atoms with Gasteiger partial charge >= 0.3 is 0 Å². The molecule has 1 amide bonds. The Kier molecular flexibility index (Phi) is 4.92. The summed E-state index contributed by atoms with van der Waals surface area (Å²) >= 11 is 1.75. The van der Waals surface area contributed by atoms with Crippen molar-refractivity contribution in [1.29, 1.82) is 0 Å². The zero-order valence-corrected chi connectivity index (χ0v) is 12.6. The summed E-state index contributed by atoms with van der Waals surface area (Å²) in [5.41, 5.74) is 0. The van der Waals surface area contributed by atoms with Gasteiger partial charge in [-0.1, -0.05) is 13.8 Å². The molecule has 0 bridgehead atoms. The molecular weight excluding hydrogens is 246 g/mol. The smallest absolute Gasteiger partial charge is 0.232 e. The standard InChI is InChI=1S/C13H25N3OS/c1-11(2)18-10-13(17)16-7-6-15-5-4-14(3)8-12(15)9-16/h11-12H,4-10H2,1-3H3/t12-/m1/s1. The Morgan fingerprint density at radius 1 is 1.22 bits per heavy atom. The predicted molar refractivity (Wildman–Crippen MR) is 77.0 cm³/mol. The van der Waals surface area contributed by atoms with Gasteiger partial charge in [0.2, 0.25) is 5.91 Å². The molecule has 2 rings (SSSR count). The van der Waals surface area contributed by atoms with Gasteiger partial charge in [0.05, 0.1) is 5.75 Å². The first-order valence-electron chi connectivity index (χ1n) is 6.88. The first kappa shape index (κ1) is 14.2. The molecule has 0 aromatic carbocycles. The zero-order chi connectivity index (χ0) is 13.1. The molecule has 0 radical (unpaired) electrons. The first-order valence-corrected chi connectivity index (χ1v) is 7.93. The number of hydrogen-bond acceptors (Lipinski definition) is 4. The van der Waals surface area contributed by atoms with Gasteiger partial charge in [-0.05, 0) is 12.3 Å². The van der Waals surface area contributed by atoms with Gasteiger partial charge in [-0.3, -0.25) is 9.69 Å². The summed E-state index contributed by atoms with van der Waals surface area (Å²) in [6.07, 6.45) is 0. The lowest BCUT2D eigenvalue weighted by atomic mass is 10.1. The van der Waals surface area contributed by atoms with Gasteiger partial charge in [0.1, 0.15) is 0 Å². The number of carbonyl (C=O) groups is 1. The van der Waals surface area contributed by atoms with Crippen LogP contribution < -0.4 is 0 Å². The molecule has 2 heterocycles. The van der Waals surface area contributed by atoms with Gasteiger partial charge in [-0.15, -0.1) is 11.8 Å². The fourth-order valence-corrected chi connectivity index (χ4v) is 3.32. The van der Waals surface area contributed by atoms with Crippen molar-refractivity contribution in [2.75, 3.05) is 52.1 Å². The average molecular weight is 271 g/mol. The predicted octanol–water partition coefficient (Wildman–Crippen LogP) is 0.586. The van der Waals surface area contributed by atoms with Crippen LogP contribution in [0.5, 0.6) is 0 Å². The molecule has 0 aromatic rings. The van der Waals surface area contributed by atoms with Crippen molar-refractivity contribution in [3.8, 4) is 0 Å². The van der Waals surface area contributed by atoms with Gasteiger partial charge < -0.3 is 9.80 Å². The fraction of sp³-hybridized carbons (Fsp3) is 0.923. The van der Waals surface area contributed by atoms with Crippen LogP contribution in [0.25, 0.3) is 0 Å². The lowest BCUT2D eigenvalue weighted by Gasteiger charge is -2.46. The third-order valence-electron chi connectivity index (χ3n) is 3.79. The van der Waals surface area contributed by atoms with E-state index in [1.165, 1.54) is 0 Å². The Balaban J connectivity index is 1.83. The normalized spacial score (nSPS) is 26.4. The van der Waals surface area contributed by atoms with Crippen molar-refractivity contribution in [3.63, 3.8) is 0 Å². The van der Waals surface area contributed by atoms with Gasteiger partial charge in [0.15, 0.2) is 0 Å². The number of thioether (sulfide) groups is 1. The molecule has 2 fully saturated rings. The van der Waals surface area contributed by atoms with E-state index in [0.717, 1.165) is 39.3 Å². The van der Waals surface area contributed by atoms with Crippen LogP contribution in [0.15, 0.2) is 0 Å². The third-order valence-corrected chi connectivity index (χ3v) is 4.87. The van der Waals surface area contributed by atoms with Crippen LogP contribution in [-0.4, -0.2) is 84.0 Å². The maximum Gasteiger partial charge on any atom is 0.232 e. The molecule has 2 aliphatic heterocycles. The molecule has 0 saturated carbocycles. The minimum Gasteiger partial charge on any atom is -0.339 e. The van der Waals surface area contributed by atoms with Crippen molar-refractivity contribution in [3.05, 3.63) is 0 Å². The summed E-state index contributed by atoms with van der Waals surface area (Å²) in [7, 11) is 2.17. The molecule has 0 spiro atoms. The highest BCUT2D eigenvalue weighted by Crippen LogP contribution is 2.17. The summed E-state index contributed by atoms with van der Waals surface area (Å²) in [4.78, 5) is 19.1. The number of hydrogen-bond donors (Lipinski definition) is 0. The lowest BCUT2D eigenvalue weighted by molar-refractivity contribution is -0.132. The van der Waals surface area contributed by atoms with E-state index in [1.54, 1.807) is 11.8 Å². The van der Waals surface area contributed by atoms with E-state index < -0.39 is 0 Å². The van der Waals surface area contributed by atoms with E-state index in [1.807, 2.05) is 0 Å². The van der Waals surface area contributed by atoms with Crippen molar-refractivity contribution < 1.29 is 4.79 Å². The van der Waals surface area contributed by atoms with E-state index in [-0.39, 0.29) is 0 Å². The topological polar surface area (TPSA) is 26.8 Å². The largest absolute Gasteiger partial charge is 0.339 e. The molecule has 0 aliphatic carbocycles. The van der Waals surface area contributed by atoms with Crippen LogP contribution >= 0.6 is 11.8 Å². The molecule has 0 aromatic heterocycles. The SMILES string of the molecule is CC(C)SCC(=O)N1CCN2CCN(C)C[C@@H]2C1. The maximum absolute atomic E-state index is 12.1. The van der Waals surface area contributed by atoms with Gasteiger partial charge in [-0.2, -0.15) is 0 Å². The Morgan fingerprint density at radius 3 is 2.67 bits per heavy atom. The molecule has 0 unspecified atom stereocenters. The summed E-state index contributed by atoms with van der Waals surface area (Å²) < 4.78 is 0. The number of nitrogens with zero attached hydrogens (tertiary/aromatic N) is 3. The molecule has 2 saturated heterocycles. The highest BCUT2D eigenvalue weighted by atomic mass is 32.2. The number of amides is 1. The van der Waals surface area contributed by atoms with Crippen molar-refractivity contribution in [2.45, 2.75) is 25.1 Å². The molecule has 18 heavy (non-hydrogen) atoms. The van der Waals surface area contributed by atoms with Crippen LogP contribution in [0.2, 0.25) is 0 Å². The van der Waals surface area contributed by atoms with Gasteiger partial charge in [0.25, 0.3) is 0 Å². The molecule has 1 atom stereocenters. The highest BCUT2D eigenvalue weighted by Gasteiger charge is 2.32.